The maximum atomic E-state index is 12.9. The van der Waals surface area contributed by atoms with E-state index >= 15 is 0 Å². The van der Waals surface area contributed by atoms with E-state index in [1.807, 2.05) is 6.07 Å². The van der Waals surface area contributed by atoms with E-state index < -0.39 is 0 Å². The summed E-state index contributed by atoms with van der Waals surface area (Å²) in [6.45, 7) is 0.243. The summed E-state index contributed by atoms with van der Waals surface area (Å²) in [5.74, 6) is 1.95. The third-order valence-corrected chi connectivity index (χ3v) is 3.97. The van der Waals surface area contributed by atoms with Gasteiger partial charge in [-0.3, -0.25) is 9.69 Å². The molecule has 2 heterocycles. The van der Waals surface area contributed by atoms with Crippen molar-refractivity contribution in [1.29, 1.82) is 0 Å². The summed E-state index contributed by atoms with van der Waals surface area (Å²) in [4.78, 5) is 18.8. The number of methoxy groups -OCH3 is 3. The molecule has 0 N–H and O–H groups in total. The first kappa shape index (κ1) is 18.3. The molecule has 3 aromatic rings. The average Bonchev–Trinajstić information content (AvgIpc) is 3.26. The Bertz CT molecular complexity index is 869. The highest BCUT2D eigenvalue weighted by Crippen LogP contribution is 2.38. The van der Waals surface area contributed by atoms with Crippen molar-refractivity contribution < 1.29 is 23.4 Å². The smallest absolute Gasteiger partial charge is 0.295 e. The van der Waals surface area contributed by atoms with Gasteiger partial charge in [-0.05, 0) is 42.0 Å². The maximum Gasteiger partial charge on any atom is 0.295 e. The van der Waals surface area contributed by atoms with Crippen LogP contribution in [-0.4, -0.2) is 32.2 Å². The zero-order valence-corrected chi connectivity index (χ0v) is 15.3. The van der Waals surface area contributed by atoms with Crippen molar-refractivity contribution in [3.05, 3.63) is 66.2 Å². The summed E-state index contributed by atoms with van der Waals surface area (Å²) in [5.41, 5.74) is 0.787. The Balaban J connectivity index is 2.01. The van der Waals surface area contributed by atoms with Crippen LogP contribution in [0.15, 0.2) is 59.3 Å². The van der Waals surface area contributed by atoms with Crippen molar-refractivity contribution in [3.63, 3.8) is 0 Å². The van der Waals surface area contributed by atoms with Crippen LogP contribution < -0.4 is 19.1 Å². The number of nitrogens with zero attached hydrogens (tertiary/aromatic N) is 2. The molecule has 7 heteroatoms. The second kappa shape index (κ2) is 8.27. The Labute approximate surface area is 157 Å². The van der Waals surface area contributed by atoms with Crippen molar-refractivity contribution in [2.75, 3.05) is 26.2 Å². The lowest BCUT2D eigenvalue weighted by Gasteiger charge is -2.22. The molecule has 0 unspecified atom stereocenters. The molecule has 2 aromatic heterocycles. The second-order valence-corrected chi connectivity index (χ2v) is 5.59. The van der Waals surface area contributed by atoms with Gasteiger partial charge in [-0.1, -0.05) is 6.07 Å². The van der Waals surface area contributed by atoms with Crippen LogP contribution in [0.25, 0.3) is 0 Å². The second-order valence-electron chi connectivity index (χ2n) is 5.59. The number of anilines is 1. The lowest BCUT2D eigenvalue weighted by molar-refractivity contribution is 0.0957. The molecule has 0 bridgehead atoms. The maximum absolute atomic E-state index is 12.9. The van der Waals surface area contributed by atoms with Gasteiger partial charge in [-0.25, -0.2) is 4.98 Å². The van der Waals surface area contributed by atoms with Crippen molar-refractivity contribution in [2.45, 2.75) is 6.54 Å². The van der Waals surface area contributed by atoms with Crippen LogP contribution in [0.3, 0.4) is 0 Å². The summed E-state index contributed by atoms with van der Waals surface area (Å²) in [6, 6.07) is 12.3. The molecular formula is C20H20N2O5. The summed E-state index contributed by atoms with van der Waals surface area (Å²) in [5, 5.41) is 0. The summed E-state index contributed by atoms with van der Waals surface area (Å²) >= 11 is 0. The third kappa shape index (κ3) is 3.87. The number of furan rings is 1. The van der Waals surface area contributed by atoms with Crippen molar-refractivity contribution in [1.82, 2.24) is 4.98 Å². The lowest BCUT2D eigenvalue weighted by Crippen LogP contribution is -2.30. The summed E-state index contributed by atoms with van der Waals surface area (Å²) in [7, 11) is 4.64. The zero-order valence-electron chi connectivity index (χ0n) is 15.3. The number of hydrogen-bond donors (Lipinski definition) is 0. The number of benzene rings is 1. The molecule has 3 rings (SSSR count). The van der Waals surface area contributed by atoms with Gasteiger partial charge in [-0.15, -0.1) is 0 Å². The van der Waals surface area contributed by atoms with Crippen LogP contribution in [0.4, 0.5) is 5.82 Å². The molecule has 0 radical (unpaired) electrons. The predicted octanol–water partition coefficient (Wildman–Crippen LogP) is 3.55. The van der Waals surface area contributed by atoms with E-state index in [9.17, 15) is 4.79 Å². The highest BCUT2D eigenvalue weighted by atomic mass is 16.5. The van der Waals surface area contributed by atoms with Gasteiger partial charge < -0.3 is 18.6 Å². The minimum atomic E-state index is -0.299. The quantitative estimate of drug-likeness (QED) is 0.635. The van der Waals surface area contributed by atoms with Crippen LogP contribution in [0.1, 0.15) is 16.1 Å². The van der Waals surface area contributed by atoms with Gasteiger partial charge in [0.05, 0.1) is 34.1 Å². The fourth-order valence-electron chi connectivity index (χ4n) is 2.71. The van der Waals surface area contributed by atoms with Crippen molar-refractivity contribution in [3.8, 4) is 17.2 Å². The van der Waals surface area contributed by atoms with Gasteiger partial charge in [0.2, 0.25) is 5.75 Å². The molecule has 1 amide bonds. The molecule has 7 nitrogen and oxygen atoms in total. The highest BCUT2D eigenvalue weighted by Gasteiger charge is 2.23. The minimum Gasteiger partial charge on any atom is -0.493 e. The molecule has 0 saturated heterocycles. The minimum absolute atomic E-state index is 0.230. The molecule has 0 saturated carbocycles. The van der Waals surface area contributed by atoms with E-state index in [0.717, 1.165) is 5.56 Å². The molecule has 140 valence electrons. The van der Waals surface area contributed by atoms with E-state index in [4.69, 9.17) is 18.6 Å². The van der Waals surface area contributed by atoms with Crippen LogP contribution >= 0.6 is 0 Å². The third-order valence-electron chi connectivity index (χ3n) is 3.97. The zero-order chi connectivity index (χ0) is 19.2. The van der Waals surface area contributed by atoms with Gasteiger partial charge in [0.15, 0.2) is 17.3 Å². The van der Waals surface area contributed by atoms with Gasteiger partial charge >= 0.3 is 0 Å². The number of carbonyl (C=O) groups is 1. The monoisotopic (exact) mass is 368 g/mol. The number of rotatable bonds is 7. The fourth-order valence-corrected chi connectivity index (χ4v) is 2.71. The number of amides is 1. The van der Waals surface area contributed by atoms with Gasteiger partial charge in [-0.2, -0.15) is 0 Å². The number of ether oxygens (including phenoxy) is 3. The fraction of sp³-hybridized carbons (Fsp3) is 0.200. The first-order chi connectivity index (χ1) is 13.2. The molecule has 0 aliphatic rings. The largest absolute Gasteiger partial charge is 0.493 e. The Morgan fingerprint density at radius 1 is 1.04 bits per heavy atom. The van der Waals surface area contributed by atoms with Crippen molar-refractivity contribution >= 4 is 11.7 Å². The SMILES string of the molecule is COc1cc(CN(C(=O)c2ccco2)c2ccccn2)cc(OC)c1OC. The standard InChI is InChI=1S/C20H20N2O5/c1-24-16-11-14(12-17(25-2)19(16)26-3)13-22(18-8-4-5-9-21-18)20(23)15-7-6-10-27-15/h4-12H,13H2,1-3H3. The topological polar surface area (TPSA) is 74.0 Å². The van der Waals surface area contributed by atoms with Gasteiger partial charge in [0.1, 0.15) is 5.82 Å². The van der Waals surface area contributed by atoms with E-state index in [2.05, 4.69) is 4.98 Å². The highest BCUT2D eigenvalue weighted by molar-refractivity contribution is 6.03. The number of carbonyl (C=O) groups excluding carboxylic acids is 1. The van der Waals surface area contributed by atoms with E-state index in [-0.39, 0.29) is 18.2 Å². The predicted molar refractivity (Wildman–Crippen MR) is 99.6 cm³/mol. The van der Waals surface area contributed by atoms with E-state index in [1.165, 1.54) is 11.2 Å². The Hall–Kier alpha value is -3.48. The van der Waals surface area contributed by atoms with Gasteiger partial charge in [0.25, 0.3) is 5.91 Å². The molecule has 27 heavy (non-hydrogen) atoms. The van der Waals surface area contributed by atoms with Crippen LogP contribution in [-0.2, 0) is 6.54 Å². The molecule has 0 aliphatic carbocycles. The average molecular weight is 368 g/mol. The van der Waals surface area contributed by atoms with E-state index in [0.29, 0.717) is 23.1 Å². The Kier molecular flexibility index (Phi) is 5.61. The molecule has 0 fully saturated rings. The lowest BCUT2D eigenvalue weighted by atomic mass is 10.1. The van der Waals surface area contributed by atoms with Crippen LogP contribution in [0.5, 0.6) is 17.2 Å². The molecule has 0 spiro atoms. The Morgan fingerprint density at radius 3 is 2.30 bits per heavy atom. The summed E-state index contributed by atoms with van der Waals surface area (Å²) in [6.07, 6.45) is 3.09. The Morgan fingerprint density at radius 2 is 1.78 bits per heavy atom. The first-order valence-electron chi connectivity index (χ1n) is 8.23. The van der Waals surface area contributed by atoms with Crippen molar-refractivity contribution in [2.24, 2.45) is 0 Å². The number of hydrogen-bond acceptors (Lipinski definition) is 6. The molecule has 1 aromatic carbocycles. The molecule has 0 aliphatic heterocycles. The molecule has 0 atom stereocenters. The number of aromatic nitrogens is 1. The van der Waals surface area contributed by atoms with Crippen LogP contribution in [0.2, 0.25) is 0 Å². The number of pyridine rings is 1. The normalized spacial score (nSPS) is 10.3. The first-order valence-corrected chi connectivity index (χ1v) is 8.23. The molecular weight excluding hydrogens is 348 g/mol. The van der Waals surface area contributed by atoms with Gasteiger partial charge in [0, 0.05) is 6.20 Å². The van der Waals surface area contributed by atoms with Crippen LogP contribution in [0, 0.1) is 0 Å². The summed E-state index contributed by atoms with van der Waals surface area (Å²) < 4.78 is 21.4. The van der Waals surface area contributed by atoms with E-state index in [1.54, 1.807) is 63.9 Å².